The van der Waals surface area contributed by atoms with E-state index in [1.807, 2.05) is 30.2 Å². The average Bonchev–Trinajstić information content (AvgIpc) is 3.28. The summed E-state index contributed by atoms with van der Waals surface area (Å²) in [5.41, 5.74) is 0.601. The molecule has 0 radical (unpaired) electrons. The first kappa shape index (κ1) is 21.8. The molecule has 0 spiro atoms. The maximum Gasteiger partial charge on any atom is 0.573 e. The van der Waals surface area contributed by atoms with Crippen molar-refractivity contribution in [1.82, 2.24) is 4.90 Å². The number of carbonyl (C=O) groups excluding carboxylic acids is 1. The zero-order chi connectivity index (χ0) is 22.2. The number of halogens is 3. The number of alkyl halides is 3. The van der Waals surface area contributed by atoms with Crippen LogP contribution in [0.3, 0.4) is 0 Å². The zero-order valence-corrected chi connectivity index (χ0v) is 18.1. The Bertz CT molecular complexity index is 986. The summed E-state index contributed by atoms with van der Waals surface area (Å²) < 4.78 is 42.5. The first-order valence-electron chi connectivity index (χ1n) is 10.2. The van der Waals surface area contributed by atoms with Crippen LogP contribution in [0.4, 0.5) is 13.2 Å². The fraction of sp³-hybridized carbons (Fsp3) is 0.455. The molecule has 1 saturated carbocycles. The van der Waals surface area contributed by atoms with Gasteiger partial charge in [-0.25, -0.2) is 9.98 Å². The van der Waals surface area contributed by atoms with Gasteiger partial charge >= 0.3 is 6.36 Å². The number of benzene rings is 1. The van der Waals surface area contributed by atoms with Gasteiger partial charge in [0.1, 0.15) is 5.75 Å². The Balaban J connectivity index is 1.38. The standard InChI is InChI=1S/C22H24F3N3O2S/c1-3-4-9-26-21-27-19(31(21)2)20(29)28-12-15-10-14(11-16(15)13-28)17-7-5-6-8-18(17)30-22(23,24)25/h3-9,14-16H,10-13H2,1-2H3/b4-3-,26-9-/t14?,15-,16+,31?. The summed E-state index contributed by atoms with van der Waals surface area (Å²) >= 11 is 0. The number of aliphatic imine (C=N–C) groups is 2. The maximum atomic E-state index is 12.9. The van der Waals surface area contributed by atoms with Gasteiger partial charge in [-0.05, 0) is 61.5 Å². The van der Waals surface area contributed by atoms with E-state index in [0.29, 0.717) is 28.8 Å². The molecule has 3 aliphatic rings. The minimum Gasteiger partial charge on any atom is -0.405 e. The lowest BCUT2D eigenvalue weighted by Crippen LogP contribution is -2.37. The molecule has 2 heterocycles. The summed E-state index contributed by atoms with van der Waals surface area (Å²) in [5.74, 6) is 0.413. The summed E-state index contributed by atoms with van der Waals surface area (Å²) in [5, 5.41) is 0.683. The number of fused-ring (bicyclic) bond motifs is 1. The second-order valence-corrected chi connectivity index (χ2v) is 9.77. The zero-order valence-electron chi connectivity index (χ0n) is 17.3. The van der Waals surface area contributed by atoms with Gasteiger partial charge in [0.15, 0.2) is 10.2 Å². The molecule has 2 unspecified atom stereocenters. The van der Waals surface area contributed by atoms with Crippen LogP contribution in [0.5, 0.6) is 5.75 Å². The van der Waals surface area contributed by atoms with Crippen LogP contribution in [0.2, 0.25) is 0 Å². The van der Waals surface area contributed by atoms with Gasteiger partial charge in [0, 0.05) is 19.3 Å². The van der Waals surface area contributed by atoms with Crippen LogP contribution in [0.15, 0.2) is 46.4 Å². The average molecular weight is 452 g/mol. The fourth-order valence-electron chi connectivity index (χ4n) is 4.64. The molecule has 4 atom stereocenters. The monoisotopic (exact) mass is 451 g/mol. The van der Waals surface area contributed by atoms with Crippen LogP contribution >= 0.6 is 10.5 Å². The van der Waals surface area contributed by atoms with Crippen molar-refractivity contribution in [3.05, 3.63) is 42.0 Å². The number of hydrogen-bond acceptors (Lipinski definition) is 4. The number of likely N-dealkylation sites (tertiary alicyclic amines) is 1. The summed E-state index contributed by atoms with van der Waals surface area (Å²) in [6, 6.07) is 6.38. The van der Waals surface area contributed by atoms with Gasteiger partial charge in [0.2, 0.25) is 0 Å². The summed E-state index contributed by atoms with van der Waals surface area (Å²) in [6.45, 7) is 3.14. The van der Waals surface area contributed by atoms with Gasteiger partial charge in [-0.3, -0.25) is 4.79 Å². The normalized spacial score (nSPS) is 28.2. The van der Waals surface area contributed by atoms with Crippen molar-refractivity contribution < 1.29 is 22.7 Å². The summed E-state index contributed by atoms with van der Waals surface area (Å²) in [4.78, 5) is 23.9. The summed E-state index contributed by atoms with van der Waals surface area (Å²) in [6.07, 6.45) is 4.11. The molecule has 2 fully saturated rings. The van der Waals surface area contributed by atoms with Crippen molar-refractivity contribution in [2.75, 3.05) is 19.3 Å². The van der Waals surface area contributed by atoms with E-state index in [9.17, 15) is 18.0 Å². The smallest absolute Gasteiger partial charge is 0.405 e. The van der Waals surface area contributed by atoms with Crippen LogP contribution < -0.4 is 4.74 Å². The molecule has 1 aromatic carbocycles. The Kier molecular flexibility index (Phi) is 6.05. The van der Waals surface area contributed by atoms with E-state index in [0.717, 1.165) is 12.8 Å². The predicted molar refractivity (Wildman–Crippen MR) is 118 cm³/mol. The summed E-state index contributed by atoms with van der Waals surface area (Å²) in [7, 11) is -0.383. The van der Waals surface area contributed by atoms with Crippen LogP contribution in [-0.2, 0) is 4.79 Å². The number of carbonyl (C=O) groups is 1. The molecular formula is C22H24F3N3O2S. The van der Waals surface area contributed by atoms with Crippen LogP contribution in [0, 0.1) is 11.8 Å². The third kappa shape index (κ3) is 4.61. The number of amidine groups is 1. The SMILES string of the molecule is C/C=C\C=N/C1=NC(C(=O)N2C[C@H]3CC(c4ccccc4OC(F)(F)F)C[C@H]3C2)=S1C. The molecule has 166 valence electrons. The number of rotatable bonds is 4. The Hall–Kier alpha value is -2.42. The van der Waals surface area contributed by atoms with Crippen molar-refractivity contribution in [2.24, 2.45) is 21.8 Å². The lowest BCUT2D eigenvalue weighted by Gasteiger charge is -2.24. The molecule has 1 amide bonds. The molecule has 0 aromatic heterocycles. The van der Waals surface area contributed by atoms with E-state index in [2.05, 4.69) is 14.7 Å². The predicted octanol–water partition coefficient (Wildman–Crippen LogP) is 4.58. The lowest BCUT2D eigenvalue weighted by atomic mass is 9.95. The first-order chi connectivity index (χ1) is 14.8. The topological polar surface area (TPSA) is 54.3 Å². The van der Waals surface area contributed by atoms with Gasteiger partial charge in [0.05, 0.1) is 0 Å². The van der Waals surface area contributed by atoms with Crippen molar-refractivity contribution >= 4 is 32.8 Å². The van der Waals surface area contributed by atoms with E-state index in [1.54, 1.807) is 24.4 Å². The molecule has 1 aromatic rings. The molecule has 0 N–H and O–H groups in total. The molecular weight excluding hydrogens is 427 g/mol. The highest BCUT2D eigenvalue weighted by molar-refractivity contribution is 8.30. The number of hydrogen-bond donors (Lipinski definition) is 0. The number of amides is 1. The van der Waals surface area contributed by atoms with Crippen molar-refractivity contribution in [3.8, 4) is 5.75 Å². The molecule has 31 heavy (non-hydrogen) atoms. The molecule has 1 aliphatic carbocycles. The third-order valence-electron chi connectivity index (χ3n) is 6.03. The Morgan fingerprint density at radius 3 is 2.55 bits per heavy atom. The second kappa shape index (κ2) is 8.61. The molecule has 4 rings (SSSR count). The maximum absolute atomic E-state index is 12.9. The molecule has 5 nitrogen and oxygen atoms in total. The van der Waals surface area contributed by atoms with Crippen LogP contribution in [-0.4, -0.2) is 52.9 Å². The van der Waals surface area contributed by atoms with Crippen LogP contribution in [0.1, 0.15) is 31.2 Å². The Labute approximate surface area is 181 Å². The van der Waals surface area contributed by atoms with E-state index in [1.165, 1.54) is 6.07 Å². The van der Waals surface area contributed by atoms with Gasteiger partial charge in [-0.15, -0.1) is 13.2 Å². The minimum atomic E-state index is -4.71. The third-order valence-corrected chi connectivity index (χ3v) is 7.62. The van der Waals surface area contributed by atoms with Gasteiger partial charge in [-0.2, -0.15) is 0 Å². The molecule has 2 aliphatic heterocycles. The highest BCUT2D eigenvalue weighted by Crippen LogP contribution is 2.48. The van der Waals surface area contributed by atoms with Gasteiger partial charge in [-0.1, -0.05) is 34.8 Å². The second-order valence-electron chi connectivity index (χ2n) is 8.00. The van der Waals surface area contributed by atoms with Crippen molar-refractivity contribution in [1.29, 1.82) is 0 Å². The molecule has 0 bridgehead atoms. The highest BCUT2D eigenvalue weighted by Gasteiger charge is 2.45. The number of allylic oxidation sites excluding steroid dienone is 2. The molecule has 1 saturated heterocycles. The number of nitrogens with zero attached hydrogens (tertiary/aromatic N) is 3. The van der Waals surface area contributed by atoms with Gasteiger partial charge < -0.3 is 9.64 Å². The van der Waals surface area contributed by atoms with E-state index in [4.69, 9.17) is 0 Å². The van der Waals surface area contributed by atoms with E-state index >= 15 is 0 Å². The van der Waals surface area contributed by atoms with E-state index < -0.39 is 6.36 Å². The Morgan fingerprint density at radius 1 is 1.26 bits per heavy atom. The van der Waals surface area contributed by atoms with Gasteiger partial charge in [0.25, 0.3) is 5.91 Å². The van der Waals surface area contributed by atoms with Crippen LogP contribution in [0.25, 0.3) is 0 Å². The number of para-hydroxylation sites is 1. The Morgan fingerprint density at radius 2 is 1.94 bits per heavy atom. The largest absolute Gasteiger partial charge is 0.573 e. The fourth-order valence-corrected chi connectivity index (χ4v) is 5.74. The molecule has 9 heteroatoms. The van der Waals surface area contributed by atoms with E-state index in [-0.39, 0.29) is 39.9 Å². The number of ether oxygens (including phenoxy) is 1. The minimum absolute atomic E-state index is 0.00791. The first-order valence-corrected chi connectivity index (χ1v) is 11.8. The highest BCUT2D eigenvalue weighted by atomic mass is 32.2. The van der Waals surface area contributed by atoms with Crippen molar-refractivity contribution in [2.45, 2.75) is 32.0 Å². The lowest BCUT2D eigenvalue weighted by molar-refractivity contribution is -0.275. The van der Waals surface area contributed by atoms with Crippen molar-refractivity contribution in [3.63, 3.8) is 0 Å². The quantitative estimate of drug-likeness (QED) is 0.497.